The van der Waals surface area contributed by atoms with Crippen LogP contribution in [-0.4, -0.2) is 22.5 Å². The fraction of sp³-hybridized carbons (Fsp3) is 0.375. The maximum Gasteiger partial charge on any atom is 0.260 e. The van der Waals surface area contributed by atoms with Gasteiger partial charge in [0.1, 0.15) is 17.2 Å². The van der Waals surface area contributed by atoms with Gasteiger partial charge in [-0.25, -0.2) is 8.78 Å². The van der Waals surface area contributed by atoms with Crippen molar-refractivity contribution < 1.29 is 18.1 Å². The molecule has 1 atom stereocenters. The topological polar surface area (TPSA) is 46.3 Å². The molecule has 0 N–H and O–H groups in total. The molecule has 1 aliphatic rings. The number of benzene rings is 1. The fourth-order valence-electron chi connectivity index (χ4n) is 2.80. The van der Waals surface area contributed by atoms with Crippen LogP contribution < -0.4 is 0 Å². The number of likely N-dealkylation sites (tertiary alicyclic amines) is 1. The van der Waals surface area contributed by atoms with E-state index in [9.17, 15) is 13.6 Å². The smallest absolute Gasteiger partial charge is 0.260 e. The number of hydrogen-bond donors (Lipinski definition) is 0. The molecule has 1 saturated heterocycles. The summed E-state index contributed by atoms with van der Waals surface area (Å²) >= 11 is 0. The van der Waals surface area contributed by atoms with E-state index in [2.05, 4.69) is 5.16 Å². The first-order valence-electron chi connectivity index (χ1n) is 7.32. The molecule has 1 amide bonds. The van der Waals surface area contributed by atoms with Crippen molar-refractivity contribution in [3.63, 3.8) is 0 Å². The van der Waals surface area contributed by atoms with Crippen molar-refractivity contribution in [3.8, 4) is 0 Å². The van der Waals surface area contributed by atoms with Crippen molar-refractivity contribution in [1.82, 2.24) is 10.1 Å². The van der Waals surface area contributed by atoms with Gasteiger partial charge >= 0.3 is 0 Å². The molecular weight excluding hydrogens is 290 g/mol. The number of rotatable bonds is 3. The van der Waals surface area contributed by atoms with Crippen molar-refractivity contribution in [1.29, 1.82) is 0 Å². The van der Waals surface area contributed by atoms with Gasteiger partial charge in [0.2, 0.25) is 0 Å². The summed E-state index contributed by atoms with van der Waals surface area (Å²) in [4.78, 5) is 14.0. The maximum absolute atomic E-state index is 13.8. The van der Waals surface area contributed by atoms with Gasteiger partial charge < -0.3 is 9.42 Å². The third kappa shape index (κ3) is 2.49. The molecule has 0 spiro atoms. The number of amides is 1. The number of nitrogens with zero attached hydrogens (tertiary/aromatic N) is 2. The van der Waals surface area contributed by atoms with Crippen LogP contribution in [0.1, 0.15) is 47.6 Å². The van der Waals surface area contributed by atoms with E-state index < -0.39 is 23.1 Å². The number of aryl methyl sites for hydroxylation is 1. The second-order valence-electron chi connectivity index (χ2n) is 5.33. The van der Waals surface area contributed by atoms with Crippen LogP contribution in [0.3, 0.4) is 0 Å². The zero-order valence-corrected chi connectivity index (χ0v) is 12.2. The standard InChI is InChI=1S/C16H16F2N2O2/c1-2-10-9-14(22-19-10)13-7-4-8-20(13)16(21)15-11(17)5-3-6-12(15)18/h3,5-6,9,13H,2,4,7-8H2,1H3. The Morgan fingerprint density at radius 2 is 2.14 bits per heavy atom. The van der Waals surface area contributed by atoms with Gasteiger partial charge in [-0.15, -0.1) is 0 Å². The molecular formula is C16H16F2N2O2. The second kappa shape index (κ2) is 5.87. The summed E-state index contributed by atoms with van der Waals surface area (Å²) in [7, 11) is 0. The van der Waals surface area contributed by atoms with Gasteiger partial charge in [-0.2, -0.15) is 0 Å². The average Bonchev–Trinajstić information content (AvgIpc) is 3.15. The molecule has 1 unspecified atom stereocenters. The minimum Gasteiger partial charge on any atom is -0.359 e. The highest BCUT2D eigenvalue weighted by molar-refractivity contribution is 5.95. The van der Waals surface area contributed by atoms with E-state index in [1.807, 2.05) is 6.92 Å². The molecule has 2 aromatic rings. The number of halogens is 2. The molecule has 22 heavy (non-hydrogen) atoms. The average molecular weight is 306 g/mol. The van der Waals surface area contributed by atoms with Crippen molar-refractivity contribution in [2.45, 2.75) is 32.2 Å². The Bertz CT molecular complexity index is 679. The third-order valence-electron chi connectivity index (χ3n) is 3.96. The van der Waals surface area contributed by atoms with Crippen LogP contribution in [0, 0.1) is 11.6 Å². The Balaban J connectivity index is 1.91. The zero-order valence-electron chi connectivity index (χ0n) is 12.2. The number of carbonyl (C=O) groups excluding carboxylic acids is 1. The van der Waals surface area contributed by atoms with Gasteiger partial charge in [0, 0.05) is 12.6 Å². The van der Waals surface area contributed by atoms with Crippen LogP contribution in [0.5, 0.6) is 0 Å². The lowest BCUT2D eigenvalue weighted by molar-refractivity contribution is 0.0704. The molecule has 1 fully saturated rings. The lowest BCUT2D eigenvalue weighted by Crippen LogP contribution is -2.31. The summed E-state index contributed by atoms with van der Waals surface area (Å²) in [5, 5.41) is 3.92. The third-order valence-corrected chi connectivity index (χ3v) is 3.96. The van der Waals surface area contributed by atoms with E-state index in [4.69, 9.17) is 4.52 Å². The molecule has 0 radical (unpaired) electrons. The van der Waals surface area contributed by atoms with Gasteiger partial charge in [-0.05, 0) is 31.4 Å². The van der Waals surface area contributed by atoms with Crippen molar-refractivity contribution >= 4 is 5.91 Å². The molecule has 0 aliphatic carbocycles. The van der Waals surface area contributed by atoms with E-state index in [0.29, 0.717) is 18.7 Å². The highest BCUT2D eigenvalue weighted by Crippen LogP contribution is 2.34. The summed E-state index contributed by atoms with van der Waals surface area (Å²) in [6, 6.07) is 4.90. The van der Waals surface area contributed by atoms with Gasteiger partial charge in [0.05, 0.1) is 11.7 Å². The Kier molecular flexibility index (Phi) is 3.92. The molecule has 4 nitrogen and oxygen atoms in total. The first kappa shape index (κ1) is 14.7. The highest BCUT2D eigenvalue weighted by atomic mass is 19.1. The number of carbonyl (C=O) groups is 1. The summed E-state index contributed by atoms with van der Waals surface area (Å²) in [5.74, 6) is -1.77. The van der Waals surface area contributed by atoms with Crippen molar-refractivity contribution in [3.05, 3.63) is 52.9 Å². The lowest BCUT2D eigenvalue weighted by atomic mass is 10.1. The Hall–Kier alpha value is -2.24. The van der Waals surface area contributed by atoms with E-state index in [1.165, 1.54) is 11.0 Å². The highest BCUT2D eigenvalue weighted by Gasteiger charge is 2.35. The minimum absolute atomic E-state index is 0.320. The van der Waals surface area contributed by atoms with Crippen molar-refractivity contribution in [2.75, 3.05) is 6.54 Å². The van der Waals surface area contributed by atoms with Crippen molar-refractivity contribution in [2.24, 2.45) is 0 Å². The molecule has 1 aliphatic heterocycles. The monoisotopic (exact) mass is 306 g/mol. The van der Waals surface area contributed by atoms with E-state index >= 15 is 0 Å². The lowest BCUT2D eigenvalue weighted by Gasteiger charge is -2.23. The summed E-state index contributed by atoms with van der Waals surface area (Å²) in [6.45, 7) is 2.40. The predicted molar refractivity (Wildman–Crippen MR) is 75.3 cm³/mol. The zero-order chi connectivity index (χ0) is 15.7. The van der Waals surface area contributed by atoms with Crippen LogP contribution >= 0.6 is 0 Å². The fourth-order valence-corrected chi connectivity index (χ4v) is 2.80. The van der Waals surface area contributed by atoms with E-state index in [0.717, 1.165) is 30.7 Å². The SMILES string of the molecule is CCc1cc(C2CCCN2C(=O)c2c(F)cccc2F)on1. The Morgan fingerprint density at radius 3 is 2.77 bits per heavy atom. The Morgan fingerprint density at radius 1 is 1.41 bits per heavy atom. The molecule has 6 heteroatoms. The molecule has 0 bridgehead atoms. The first-order chi connectivity index (χ1) is 10.6. The van der Waals surface area contributed by atoms with Crippen LogP contribution in [0.2, 0.25) is 0 Å². The first-order valence-corrected chi connectivity index (χ1v) is 7.32. The maximum atomic E-state index is 13.8. The minimum atomic E-state index is -0.845. The summed E-state index contributed by atoms with van der Waals surface area (Å²) < 4.78 is 32.9. The molecule has 2 heterocycles. The number of aromatic nitrogens is 1. The van der Waals surface area contributed by atoms with Crippen LogP contribution in [0.15, 0.2) is 28.8 Å². The second-order valence-corrected chi connectivity index (χ2v) is 5.33. The quantitative estimate of drug-likeness (QED) is 0.872. The van der Waals surface area contributed by atoms with Crippen LogP contribution in [0.25, 0.3) is 0 Å². The van der Waals surface area contributed by atoms with E-state index in [-0.39, 0.29) is 6.04 Å². The van der Waals surface area contributed by atoms with Crippen LogP contribution in [-0.2, 0) is 6.42 Å². The Labute approximate surface area is 126 Å². The van der Waals surface area contributed by atoms with Crippen LogP contribution in [0.4, 0.5) is 8.78 Å². The summed E-state index contributed by atoms with van der Waals surface area (Å²) in [5.41, 5.74) is 0.288. The largest absolute Gasteiger partial charge is 0.359 e. The normalized spacial score (nSPS) is 18.0. The van der Waals surface area contributed by atoms with Gasteiger partial charge in [-0.3, -0.25) is 4.79 Å². The van der Waals surface area contributed by atoms with Gasteiger partial charge in [0.15, 0.2) is 5.76 Å². The van der Waals surface area contributed by atoms with Gasteiger partial charge in [-0.1, -0.05) is 18.1 Å². The molecule has 0 saturated carbocycles. The molecule has 1 aromatic carbocycles. The summed E-state index contributed by atoms with van der Waals surface area (Å²) in [6.07, 6.45) is 2.18. The predicted octanol–water partition coefficient (Wildman–Crippen LogP) is 3.49. The molecule has 116 valence electrons. The number of hydrogen-bond acceptors (Lipinski definition) is 3. The molecule has 1 aromatic heterocycles. The van der Waals surface area contributed by atoms with E-state index in [1.54, 1.807) is 6.07 Å². The van der Waals surface area contributed by atoms with Gasteiger partial charge in [0.25, 0.3) is 5.91 Å². The molecule has 3 rings (SSSR count).